The average molecular weight is 373 g/mol. The molecule has 0 spiro atoms. The molecule has 24 heavy (non-hydrogen) atoms. The third-order valence-corrected chi connectivity index (χ3v) is 3.90. The smallest absolute Gasteiger partial charge is 0.277 e. The molecule has 1 amide bonds. The predicted octanol–water partition coefficient (Wildman–Crippen LogP) is 2.31. The lowest BCUT2D eigenvalue weighted by Gasteiger charge is -2.22. The third-order valence-electron chi connectivity index (χ3n) is 3.90. The number of pyridine rings is 1. The fourth-order valence-corrected chi connectivity index (χ4v) is 2.64. The van der Waals surface area contributed by atoms with Gasteiger partial charge in [0.2, 0.25) is 0 Å². The summed E-state index contributed by atoms with van der Waals surface area (Å²) < 4.78 is 1.80. The maximum Gasteiger partial charge on any atom is 0.277 e. The zero-order valence-electron chi connectivity index (χ0n) is 13.7. The summed E-state index contributed by atoms with van der Waals surface area (Å²) in [4.78, 5) is 16.6. The molecule has 1 aliphatic heterocycles. The Morgan fingerprint density at radius 2 is 1.96 bits per heavy atom. The van der Waals surface area contributed by atoms with Gasteiger partial charge in [0, 0.05) is 5.69 Å². The van der Waals surface area contributed by atoms with Gasteiger partial charge >= 0.3 is 0 Å². The lowest BCUT2D eigenvalue weighted by molar-refractivity contribution is 0.102. The van der Waals surface area contributed by atoms with E-state index < -0.39 is 0 Å². The molecule has 0 bridgehead atoms. The molecule has 2 aromatic rings. The molecule has 2 N–H and O–H groups in total. The highest BCUT2D eigenvalue weighted by molar-refractivity contribution is 6.02. The van der Waals surface area contributed by atoms with Crippen LogP contribution in [0, 0.1) is 13.8 Å². The minimum absolute atomic E-state index is 0. The molecule has 132 valence electrons. The van der Waals surface area contributed by atoms with Crippen LogP contribution < -0.4 is 10.6 Å². The number of carbonyl (C=O) groups is 1. The van der Waals surface area contributed by atoms with Crippen LogP contribution >= 0.6 is 24.8 Å². The molecule has 0 atom stereocenters. The van der Waals surface area contributed by atoms with Crippen molar-refractivity contribution in [1.82, 2.24) is 25.3 Å². The quantitative estimate of drug-likeness (QED) is 0.863. The number of rotatable bonds is 3. The van der Waals surface area contributed by atoms with Crippen molar-refractivity contribution in [2.24, 2.45) is 0 Å². The van der Waals surface area contributed by atoms with Gasteiger partial charge in [-0.15, -0.1) is 29.9 Å². The molecule has 0 aliphatic carbocycles. The van der Waals surface area contributed by atoms with Crippen molar-refractivity contribution in [3.8, 4) is 0 Å². The second-order valence-electron chi connectivity index (χ2n) is 5.60. The van der Waals surface area contributed by atoms with Crippen LogP contribution in [0.4, 0.5) is 5.69 Å². The van der Waals surface area contributed by atoms with Crippen molar-refractivity contribution < 1.29 is 4.79 Å². The van der Waals surface area contributed by atoms with E-state index in [1.165, 1.54) is 0 Å². The summed E-state index contributed by atoms with van der Waals surface area (Å²) in [6.45, 7) is 5.73. The van der Waals surface area contributed by atoms with Crippen molar-refractivity contribution in [3.05, 3.63) is 35.4 Å². The van der Waals surface area contributed by atoms with Gasteiger partial charge in [-0.25, -0.2) is 4.68 Å². The maximum atomic E-state index is 12.3. The van der Waals surface area contributed by atoms with E-state index in [0.717, 1.165) is 37.3 Å². The molecule has 3 rings (SSSR count). The first-order valence-electron chi connectivity index (χ1n) is 7.51. The van der Waals surface area contributed by atoms with Crippen molar-refractivity contribution in [2.45, 2.75) is 32.7 Å². The monoisotopic (exact) mass is 372 g/mol. The number of hydrogen-bond acceptors (Lipinski definition) is 5. The molecule has 9 heteroatoms. The van der Waals surface area contributed by atoms with E-state index in [1.54, 1.807) is 10.9 Å². The number of carbonyl (C=O) groups excluding carboxylic acids is 1. The van der Waals surface area contributed by atoms with Crippen LogP contribution in [0.15, 0.2) is 18.3 Å². The normalized spacial score (nSPS) is 14.4. The topological polar surface area (TPSA) is 84.7 Å². The summed E-state index contributed by atoms with van der Waals surface area (Å²) in [5.41, 5.74) is 2.75. The molecule has 1 aliphatic rings. The number of aryl methyl sites for hydroxylation is 2. The van der Waals surface area contributed by atoms with Crippen molar-refractivity contribution in [3.63, 3.8) is 0 Å². The fourth-order valence-electron chi connectivity index (χ4n) is 2.64. The van der Waals surface area contributed by atoms with Crippen LogP contribution in [0.3, 0.4) is 0 Å². The van der Waals surface area contributed by atoms with E-state index in [-0.39, 0.29) is 30.7 Å². The van der Waals surface area contributed by atoms with Crippen LogP contribution in [-0.2, 0) is 0 Å². The Hall–Kier alpha value is -1.70. The summed E-state index contributed by atoms with van der Waals surface area (Å²) in [6, 6.07) is 4.04. The Balaban J connectivity index is 0.00000144. The van der Waals surface area contributed by atoms with E-state index in [2.05, 4.69) is 25.9 Å². The second kappa shape index (κ2) is 8.96. The van der Waals surface area contributed by atoms with Crippen molar-refractivity contribution >= 4 is 36.4 Å². The van der Waals surface area contributed by atoms with Gasteiger partial charge in [-0.2, -0.15) is 0 Å². The molecule has 7 nitrogen and oxygen atoms in total. The number of hydrogen-bond donors (Lipinski definition) is 2. The van der Waals surface area contributed by atoms with Crippen molar-refractivity contribution in [2.75, 3.05) is 18.4 Å². The molecule has 0 saturated carbocycles. The molecular formula is C15H22Cl2N6O. The first kappa shape index (κ1) is 20.3. The van der Waals surface area contributed by atoms with E-state index in [4.69, 9.17) is 0 Å². The number of amides is 1. The molecule has 2 aromatic heterocycles. The van der Waals surface area contributed by atoms with Crippen LogP contribution in [0.25, 0.3) is 0 Å². The second-order valence-corrected chi connectivity index (χ2v) is 5.60. The number of aromatic nitrogens is 4. The zero-order valence-corrected chi connectivity index (χ0v) is 15.3. The molecule has 1 fully saturated rings. The van der Waals surface area contributed by atoms with Gasteiger partial charge in [-0.05, 0) is 51.9 Å². The average Bonchev–Trinajstić information content (AvgIpc) is 3.01. The van der Waals surface area contributed by atoms with Gasteiger partial charge in [-0.3, -0.25) is 9.78 Å². The standard InChI is InChI=1S/C15H20N6O.2ClH/c1-10-3-4-13(11(2)17-10)18-15(22)14-9-21(20-19-14)12-5-7-16-8-6-12;;/h3-4,9,12,16H,5-8H2,1-2H3,(H,18,22);2*1H. The Kier molecular flexibility index (Phi) is 7.59. The number of anilines is 1. The first-order chi connectivity index (χ1) is 10.6. The lowest BCUT2D eigenvalue weighted by Crippen LogP contribution is -2.29. The Bertz CT molecular complexity index is 684. The Morgan fingerprint density at radius 3 is 2.62 bits per heavy atom. The summed E-state index contributed by atoms with van der Waals surface area (Å²) in [5.74, 6) is -0.256. The molecule has 3 heterocycles. The van der Waals surface area contributed by atoms with Crippen molar-refractivity contribution in [1.29, 1.82) is 0 Å². The van der Waals surface area contributed by atoms with Crippen LogP contribution in [0.5, 0.6) is 0 Å². The van der Waals surface area contributed by atoms with Gasteiger partial charge in [0.15, 0.2) is 5.69 Å². The third kappa shape index (κ3) is 4.66. The number of nitrogens with one attached hydrogen (secondary N) is 2. The van der Waals surface area contributed by atoms with Crippen LogP contribution in [0.1, 0.15) is 40.8 Å². The van der Waals surface area contributed by atoms with E-state index in [1.807, 2.05) is 26.0 Å². The van der Waals surface area contributed by atoms with E-state index in [0.29, 0.717) is 17.4 Å². The number of nitrogens with zero attached hydrogens (tertiary/aromatic N) is 4. The maximum absolute atomic E-state index is 12.3. The molecule has 0 unspecified atom stereocenters. The minimum atomic E-state index is -0.256. The Labute approximate surface area is 153 Å². The van der Waals surface area contributed by atoms with E-state index >= 15 is 0 Å². The van der Waals surface area contributed by atoms with Crippen LogP contribution in [-0.4, -0.2) is 39.0 Å². The van der Waals surface area contributed by atoms with Crippen LogP contribution in [0.2, 0.25) is 0 Å². The molecule has 0 radical (unpaired) electrons. The number of halogens is 2. The first-order valence-corrected chi connectivity index (χ1v) is 7.51. The zero-order chi connectivity index (χ0) is 15.5. The molecule has 1 saturated heterocycles. The highest BCUT2D eigenvalue weighted by atomic mass is 35.5. The summed E-state index contributed by atoms with van der Waals surface area (Å²) in [7, 11) is 0. The highest BCUT2D eigenvalue weighted by Gasteiger charge is 2.19. The summed E-state index contributed by atoms with van der Waals surface area (Å²) in [5, 5.41) is 14.2. The highest BCUT2D eigenvalue weighted by Crippen LogP contribution is 2.18. The van der Waals surface area contributed by atoms with E-state index in [9.17, 15) is 4.79 Å². The van der Waals surface area contributed by atoms with Gasteiger partial charge in [-0.1, -0.05) is 5.21 Å². The predicted molar refractivity (Wildman–Crippen MR) is 97.3 cm³/mol. The summed E-state index contributed by atoms with van der Waals surface area (Å²) in [6.07, 6.45) is 3.74. The fraction of sp³-hybridized carbons (Fsp3) is 0.467. The van der Waals surface area contributed by atoms with Gasteiger partial charge in [0.1, 0.15) is 0 Å². The summed E-state index contributed by atoms with van der Waals surface area (Å²) >= 11 is 0. The molecule has 0 aromatic carbocycles. The van der Waals surface area contributed by atoms with Gasteiger partial charge in [0.25, 0.3) is 5.91 Å². The largest absolute Gasteiger partial charge is 0.319 e. The molecular weight excluding hydrogens is 351 g/mol. The lowest BCUT2D eigenvalue weighted by atomic mass is 10.1. The number of piperidine rings is 1. The SMILES string of the molecule is Cc1ccc(NC(=O)c2cn(C3CCNCC3)nn2)c(C)n1.Cl.Cl. The minimum Gasteiger partial charge on any atom is -0.319 e. The van der Waals surface area contributed by atoms with Gasteiger partial charge < -0.3 is 10.6 Å². The Morgan fingerprint density at radius 1 is 1.25 bits per heavy atom. The van der Waals surface area contributed by atoms with Gasteiger partial charge in [0.05, 0.1) is 23.6 Å².